The van der Waals surface area contributed by atoms with Crippen LogP contribution < -0.4 is 14.8 Å². The molecule has 140 valence electrons. The second-order valence-electron chi connectivity index (χ2n) is 5.78. The maximum absolute atomic E-state index is 12.6. The van der Waals surface area contributed by atoms with Crippen LogP contribution in [0.2, 0.25) is 0 Å². The lowest BCUT2D eigenvalue weighted by Gasteiger charge is -2.17. The number of rotatable bonds is 8. The van der Waals surface area contributed by atoms with Crippen LogP contribution >= 0.6 is 0 Å². The molecule has 2 rings (SSSR count). The van der Waals surface area contributed by atoms with Crippen LogP contribution in [-0.2, 0) is 14.8 Å². The quantitative estimate of drug-likeness (QED) is 0.737. The van der Waals surface area contributed by atoms with E-state index in [0.717, 1.165) is 5.56 Å². The third kappa shape index (κ3) is 4.98. The molecule has 0 fully saturated rings. The SMILES string of the molecule is CC[C@H](C(=O)Nc1ccc(NS(=O)(=O)CC)c(OC)c1)c1ccccc1. The van der Waals surface area contributed by atoms with E-state index in [9.17, 15) is 13.2 Å². The van der Waals surface area contributed by atoms with Gasteiger partial charge in [-0.3, -0.25) is 9.52 Å². The Kier molecular flexibility index (Phi) is 6.63. The summed E-state index contributed by atoms with van der Waals surface area (Å²) in [5, 5.41) is 2.87. The van der Waals surface area contributed by atoms with E-state index in [-0.39, 0.29) is 17.6 Å². The summed E-state index contributed by atoms with van der Waals surface area (Å²) in [4.78, 5) is 12.6. The predicted molar refractivity (Wildman–Crippen MR) is 104 cm³/mol. The molecule has 0 aliphatic heterocycles. The zero-order chi connectivity index (χ0) is 19.2. The topological polar surface area (TPSA) is 84.5 Å². The molecule has 2 aromatic carbocycles. The Labute approximate surface area is 154 Å². The van der Waals surface area contributed by atoms with Crippen molar-refractivity contribution >= 4 is 27.3 Å². The third-order valence-electron chi connectivity index (χ3n) is 4.04. The highest BCUT2D eigenvalue weighted by atomic mass is 32.2. The zero-order valence-corrected chi connectivity index (χ0v) is 16.0. The van der Waals surface area contributed by atoms with Gasteiger partial charge in [-0.2, -0.15) is 0 Å². The first kappa shape index (κ1) is 19.8. The molecule has 2 aromatic rings. The molecule has 0 radical (unpaired) electrons. The first-order valence-electron chi connectivity index (χ1n) is 8.44. The molecule has 0 unspecified atom stereocenters. The number of nitrogens with one attached hydrogen (secondary N) is 2. The van der Waals surface area contributed by atoms with Gasteiger partial charge < -0.3 is 10.1 Å². The molecular formula is C19H24N2O4S. The first-order valence-corrected chi connectivity index (χ1v) is 10.1. The second-order valence-corrected chi connectivity index (χ2v) is 7.79. The molecule has 1 amide bonds. The van der Waals surface area contributed by atoms with E-state index >= 15 is 0 Å². The van der Waals surface area contributed by atoms with Crippen molar-refractivity contribution in [3.8, 4) is 5.75 Å². The Morgan fingerprint density at radius 2 is 1.81 bits per heavy atom. The fourth-order valence-electron chi connectivity index (χ4n) is 2.58. The van der Waals surface area contributed by atoms with Crippen LogP contribution in [-0.4, -0.2) is 27.2 Å². The summed E-state index contributed by atoms with van der Waals surface area (Å²) >= 11 is 0. The fourth-order valence-corrected chi connectivity index (χ4v) is 3.23. The minimum Gasteiger partial charge on any atom is -0.494 e. The molecule has 0 aliphatic rings. The Morgan fingerprint density at radius 1 is 1.12 bits per heavy atom. The first-order chi connectivity index (χ1) is 12.4. The number of ether oxygens (including phenoxy) is 1. The average Bonchev–Trinajstić information content (AvgIpc) is 2.64. The van der Waals surface area contributed by atoms with Crippen molar-refractivity contribution in [2.24, 2.45) is 0 Å². The van der Waals surface area contributed by atoms with Crippen LogP contribution in [0, 0.1) is 0 Å². The maximum Gasteiger partial charge on any atom is 0.232 e. The highest BCUT2D eigenvalue weighted by Crippen LogP contribution is 2.30. The van der Waals surface area contributed by atoms with Crippen molar-refractivity contribution in [3.63, 3.8) is 0 Å². The van der Waals surface area contributed by atoms with Crippen molar-refractivity contribution < 1.29 is 17.9 Å². The van der Waals surface area contributed by atoms with Gasteiger partial charge in [-0.15, -0.1) is 0 Å². The number of methoxy groups -OCH3 is 1. The van der Waals surface area contributed by atoms with Crippen LogP contribution in [0.3, 0.4) is 0 Å². The van der Waals surface area contributed by atoms with E-state index in [2.05, 4.69) is 10.0 Å². The highest BCUT2D eigenvalue weighted by molar-refractivity contribution is 7.92. The molecule has 0 aromatic heterocycles. The summed E-state index contributed by atoms with van der Waals surface area (Å²) < 4.78 is 31.2. The number of amides is 1. The van der Waals surface area contributed by atoms with E-state index < -0.39 is 10.0 Å². The van der Waals surface area contributed by atoms with Gasteiger partial charge in [-0.05, 0) is 31.0 Å². The van der Waals surface area contributed by atoms with E-state index in [1.54, 1.807) is 25.1 Å². The van der Waals surface area contributed by atoms with Crippen molar-refractivity contribution in [1.82, 2.24) is 0 Å². The Morgan fingerprint density at radius 3 is 2.38 bits per heavy atom. The van der Waals surface area contributed by atoms with E-state index in [1.807, 2.05) is 37.3 Å². The number of anilines is 2. The molecule has 2 N–H and O–H groups in total. The Balaban J connectivity index is 2.20. The van der Waals surface area contributed by atoms with Crippen molar-refractivity contribution in [3.05, 3.63) is 54.1 Å². The monoisotopic (exact) mass is 376 g/mol. The van der Waals surface area contributed by atoms with Crippen LogP contribution in [0.25, 0.3) is 0 Å². The van der Waals surface area contributed by atoms with Gasteiger partial charge in [0.05, 0.1) is 24.5 Å². The van der Waals surface area contributed by atoms with Crippen LogP contribution in [0.1, 0.15) is 31.7 Å². The summed E-state index contributed by atoms with van der Waals surface area (Å²) in [6.45, 7) is 3.51. The molecule has 7 heteroatoms. The number of carbonyl (C=O) groups excluding carboxylic acids is 1. The van der Waals surface area contributed by atoms with E-state index in [1.165, 1.54) is 7.11 Å². The smallest absolute Gasteiger partial charge is 0.232 e. The summed E-state index contributed by atoms with van der Waals surface area (Å²) in [6, 6.07) is 14.4. The summed E-state index contributed by atoms with van der Waals surface area (Å²) in [5.74, 6) is -0.0835. The van der Waals surface area contributed by atoms with Gasteiger partial charge in [0.25, 0.3) is 0 Å². The largest absolute Gasteiger partial charge is 0.494 e. The molecule has 0 bridgehead atoms. The fraction of sp³-hybridized carbons (Fsp3) is 0.316. The van der Waals surface area contributed by atoms with Gasteiger partial charge in [0.15, 0.2) is 0 Å². The van der Waals surface area contributed by atoms with Crippen molar-refractivity contribution in [2.75, 3.05) is 22.9 Å². The van der Waals surface area contributed by atoms with Crippen LogP contribution in [0.15, 0.2) is 48.5 Å². The lowest BCUT2D eigenvalue weighted by atomic mass is 9.95. The predicted octanol–water partition coefficient (Wildman–Crippen LogP) is 3.59. The highest BCUT2D eigenvalue weighted by Gasteiger charge is 2.19. The summed E-state index contributed by atoms with van der Waals surface area (Å²) in [5.41, 5.74) is 1.83. The normalized spacial score (nSPS) is 12.3. The van der Waals surface area contributed by atoms with Crippen molar-refractivity contribution in [2.45, 2.75) is 26.2 Å². The Hall–Kier alpha value is -2.54. The van der Waals surface area contributed by atoms with Gasteiger partial charge >= 0.3 is 0 Å². The minimum atomic E-state index is -3.41. The van der Waals surface area contributed by atoms with Crippen LogP contribution in [0.5, 0.6) is 5.75 Å². The molecule has 0 spiro atoms. The minimum absolute atomic E-state index is 0.0378. The zero-order valence-electron chi connectivity index (χ0n) is 15.2. The molecule has 0 saturated carbocycles. The average molecular weight is 376 g/mol. The lowest BCUT2D eigenvalue weighted by Crippen LogP contribution is -2.21. The standard InChI is InChI=1S/C19H24N2O4S/c1-4-16(14-9-7-6-8-10-14)19(22)20-15-11-12-17(18(13-15)25-3)21-26(23,24)5-2/h6-13,16,21H,4-5H2,1-3H3,(H,20,22)/t16-/m0/s1. The molecule has 0 saturated heterocycles. The van der Waals surface area contributed by atoms with E-state index in [0.29, 0.717) is 23.5 Å². The number of benzene rings is 2. The summed E-state index contributed by atoms with van der Waals surface area (Å²) in [7, 11) is -1.96. The number of sulfonamides is 1. The summed E-state index contributed by atoms with van der Waals surface area (Å²) in [6.07, 6.45) is 0.668. The molecular weight excluding hydrogens is 352 g/mol. The number of hydrogen-bond acceptors (Lipinski definition) is 4. The molecule has 0 aliphatic carbocycles. The molecule has 26 heavy (non-hydrogen) atoms. The Bertz CT molecular complexity index is 851. The van der Waals surface area contributed by atoms with Gasteiger partial charge in [0.2, 0.25) is 15.9 Å². The maximum atomic E-state index is 12.6. The number of hydrogen-bond donors (Lipinski definition) is 2. The third-order valence-corrected chi connectivity index (χ3v) is 5.33. The van der Waals surface area contributed by atoms with Gasteiger partial charge in [0.1, 0.15) is 5.75 Å². The molecule has 1 atom stereocenters. The van der Waals surface area contributed by atoms with Gasteiger partial charge in [-0.25, -0.2) is 8.42 Å². The lowest BCUT2D eigenvalue weighted by molar-refractivity contribution is -0.117. The van der Waals surface area contributed by atoms with Gasteiger partial charge in [0, 0.05) is 11.8 Å². The van der Waals surface area contributed by atoms with Crippen LogP contribution in [0.4, 0.5) is 11.4 Å². The molecule has 6 nitrogen and oxygen atoms in total. The van der Waals surface area contributed by atoms with E-state index in [4.69, 9.17) is 4.74 Å². The molecule has 0 heterocycles. The number of carbonyl (C=O) groups is 1. The second kappa shape index (κ2) is 8.71. The van der Waals surface area contributed by atoms with Crippen molar-refractivity contribution in [1.29, 1.82) is 0 Å². The van der Waals surface area contributed by atoms with Gasteiger partial charge in [-0.1, -0.05) is 37.3 Å².